The highest BCUT2D eigenvalue weighted by Gasteiger charge is 2.45. The molecule has 9 aromatic rings. The molecule has 0 amide bonds. The van der Waals surface area contributed by atoms with Gasteiger partial charge in [0, 0.05) is 28.5 Å². The topological polar surface area (TPSA) is 30.7 Å². The van der Waals surface area contributed by atoms with Crippen LogP contribution in [-0.2, 0) is 0 Å². The first-order valence-corrected chi connectivity index (χ1v) is 17.1. The van der Waals surface area contributed by atoms with Crippen molar-refractivity contribution in [1.29, 1.82) is 0 Å². The zero-order chi connectivity index (χ0) is 31.8. The van der Waals surface area contributed by atoms with Crippen LogP contribution >= 0.6 is 0 Å². The average Bonchev–Trinajstić information content (AvgIpc) is 3.67. The van der Waals surface area contributed by atoms with E-state index in [1.165, 1.54) is 82.1 Å². The third-order valence-electron chi connectivity index (χ3n) is 11.3. The van der Waals surface area contributed by atoms with Crippen molar-refractivity contribution in [2.75, 3.05) is 0 Å². The van der Waals surface area contributed by atoms with Crippen LogP contribution in [0.15, 0.2) is 146 Å². The molecule has 0 bridgehead atoms. The summed E-state index contributed by atoms with van der Waals surface area (Å²) in [5.41, 5.74) is 11.6. The van der Waals surface area contributed by atoms with Gasteiger partial charge in [-0.25, -0.2) is 9.97 Å². The normalized spacial score (nSPS) is 17.6. The fourth-order valence-electron chi connectivity index (χ4n) is 9.26. The summed E-state index contributed by atoms with van der Waals surface area (Å²) in [5.74, 6) is 0.325. The molecule has 49 heavy (non-hydrogen) atoms. The number of nitrogens with zero attached hydrogens (tertiary/aromatic N) is 3. The Labute approximate surface area is 281 Å². The Hall–Kier alpha value is -6.32. The van der Waals surface area contributed by atoms with E-state index in [1.807, 2.05) is 0 Å². The molecule has 3 aliphatic rings. The SMILES string of the molecule is C1=CC2c3nc4ccccc4nc3C3=Cc4c(n(-c5ccc6c7ccccc7c7ccccc7c6c5)c5ccc6ccccc6c45)C(=C1)C32. The van der Waals surface area contributed by atoms with Gasteiger partial charge in [-0.15, -0.1) is 0 Å². The van der Waals surface area contributed by atoms with Crippen LogP contribution in [0.1, 0.15) is 28.6 Å². The van der Waals surface area contributed by atoms with Gasteiger partial charge in [0.2, 0.25) is 0 Å². The maximum absolute atomic E-state index is 5.27. The van der Waals surface area contributed by atoms with Crippen molar-refractivity contribution in [3.63, 3.8) is 0 Å². The summed E-state index contributed by atoms with van der Waals surface area (Å²) >= 11 is 0. The van der Waals surface area contributed by atoms with Gasteiger partial charge in [-0.3, -0.25) is 0 Å². The van der Waals surface area contributed by atoms with Crippen molar-refractivity contribution >= 4 is 82.2 Å². The molecule has 12 rings (SSSR count). The first-order valence-electron chi connectivity index (χ1n) is 17.1. The molecule has 226 valence electrons. The van der Waals surface area contributed by atoms with Crippen molar-refractivity contribution in [3.05, 3.63) is 168 Å². The highest BCUT2D eigenvalue weighted by molar-refractivity contribution is 6.26. The van der Waals surface area contributed by atoms with E-state index in [4.69, 9.17) is 9.97 Å². The van der Waals surface area contributed by atoms with Gasteiger partial charge in [0.15, 0.2) is 0 Å². The molecule has 2 unspecified atom stereocenters. The van der Waals surface area contributed by atoms with Gasteiger partial charge in [0.05, 0.1) is 33.6 Å². The summed E-state index contributed by atoms with van der Waals surface area (Å²) in [6, 6.07) is 46.4. The molecule has 2 aromatic heterocycles. The monoisotopic (exact) mass is 621 g/mol. The number of aromatic nitrogens is 3. The summed E-state index contributed by atoms with van der Waals surface area (Å²) < 4.78 is 2.54. The third-order valence-corrected chi connectivity index (χ3v) is 11.3. The first kappa shape index (κ1) is 25.7. The van der Waals surface area contributed by atoms with Gasteiger partial charge in [-0.05, 0) is 90.6 Å². The molecular formula is C46H27N3. The Morgan fingerprint density at radius 3 is 1.98 bits per heavy atom. The number of allylic oxidation sites excluding steroid dienone is 5. The number of hydrogen-bond donors (Lipinski definition) is 0. The number of rotatable bonds is 1. The molecule has 0 saturated heterocycles. The highest BCUT2D eigenvalue weighted by Crippen LogP contribution is 2.58. The number of hydrogen-bond acceptors (Lipinski definition) is 2. The second-order valence-corrected chi connectivity index (χ2v) is 13.7. The Morgan fingerprint density at radius 2 is 1.20 bits per heavy atom. The maximum Gasteiger partial charge on any atom is 0.0898 e. The lowest BCUT2D eigenvalue weighted by molar-refractivity contribution is 0.745. The van der Waals surface area contributed by atoms with Gasteiger partial charge >= 0.3 is 0 Å². The standard InChI is InChI=1S/C46H27N3/c1-2-11-28-26(10-1)20-23-41-43(28)38-25-37-42-34(44-45(37)48-40-19-8-7-18-39(40)47-44)16-9-17-35(42)46(38)49(41)27-21-22-33-31-14-4-3-12-29(31)30-13-5-6-15-32(30)36(33)24-27/h1-25,34,42H. The molecule has 3 heteroatoms. The Balaban J connectivity index is 1.21. The molecule has 0 N–H and O–H groups in total. The molecule has 0 radical (unpaired) electrons. The lowest BCUT2D eigenvalue weighted by Gasteiger charge is -2.29. The molecule has 3 aliphatic carbocycles. The molecule has 3 nitrogen and oxygen atoms in total. The second-order valence-electron chi connectivity index (χ2n) is 13.7. The van der Waals surface area contributed by atoms with Crippen LogP contribution in [0.4, 0.5) is 0 Å². The van der Waals surface area contributed by atoms with Gasteiger partial charge in [0.25, 0.3) is 0 Å². The van der Waals surface area contributed by atoms with E-state index in [2.05, 4.69) is 156 Å². The van der Waals surface area contributed by atoms with Crippen LogP contribution in [0.5, 0.6) is 0 Å². The Kier molecular flexibility index (Phi) is 4.82. The minimum atomic E-state index is 0.154. The van der Waals surface area contributed by atoms with Gasteiger partial charge in [-0.2, -0.15) is 0 Å². The third kappa shape index (κ3) is 3.27. The lowest BCUT2D eigenvalue weighted by atomic mass is 9.75. The van der Waals surface area contributed by atoms with Gasteiger partial charge in [0.1, 0.15) is 0 Å². The smallest absolute Gasteiger partial charge is 0.0898 e. The summed E-state index contributed by atoms with van der Waals surface area (Å²) in [7, 11) is 0. The summed E-state index contributed by atoms with van der Waals surface area (Å²) in [5, 5.41) is 11.5. The second kappa shape index (κ2) is 9.18. The van der Waals surface area contributed by atoms with Crippen LogP contribution in [-0.4, -0.2) is 14.5 Å². The fourth-order valence-corrected chi connectivity index (χ4v) is 9.26. The minimum absolute atomic E-state index is 0.154. The Bertz CT molecular complexity index is 3030. The highest BCUT2D eigenvalue weighted by atomic mass is 15.0. The summed E-state index contributed by atoms with van der Waals surface area (Å²) in [6.45, 7) is 0. The molecule has 0 saturated carbocycles. The van der Waals surface area contributed by atoms with E-state index in [9.17, 15) is 0 Å². The van der Waals surface area contributed by atoms with Crippen molar-refractivity contribution < 1.29 is 0 Å². The van der Waals surface area contributed by atoms with Gasteiger partial charge < -0.3 is 4.57 Å². The maximum atomic E-state index is 5.27. The average molecular weight is 622 g/mol. The van der Waals surface area contributed by atoms with E-state index in [0.29, 0.717) is 0 Å². The predicted molar refractivity (Wildman–Crippen MR) is 204 cm³/mol. The Morgan fingerprint density at radius 1 is 0.551 bits per heavy atom. The first-order chi connectivity index (χ1) is 24.3. The van der Waals surface area contributed by atoms with E-state index in [0.717, 1.165) is 22.4 Å². The zero-order valence-corrected chi connectivity index (χ0v) is 26.4. The van der Waals surface area contributed by atoms with Crippen molar-refractivity contribution in [1.82, 2.24) is 14.5 Å². The summed E-state index contributed by atoms with van der Waals surface area (Å²) in [6.07, 6.45) is 9.38. The number of benzene rings is 7. The minimum Gasteiger partial charge on any atom is -0.309 e. The molecule has 0 fully saturated rings. The van der Waals surface area contributed by atoms with E-state index < -0.39 is 0 Å². The van der Waals surface area contributed by atoms with Crippen LogP contribution < -0.4 is 0 Å². The number of para-hydroxylation sites is 2. The van der Waals surface area contributed by atoms with Crippen molar-refractivity contribution in [2.45, 2.75) is 5.92 Å². The van der Waals surface area contributed by atoms with E-state index in [-0.39, 0.29) is 11.8 Å². The van der Waals surface area contributed by atoms with Crippen molar-refractivity contribution in [2.24, 2.45) is 5.92 Å². The molecular weight excluding hydrogens is 595 g/mol. The molecule has 2 heterocycles. The molecule has 2 atom stereocenters. The molecule has 0 spiro atoms. The van der Waals surface area contributed by atoms with Crippen LogP contribution in [0.2, 0.25) is 0 Å². The largest absolute Gasteiger partial charge is 0.309 e. The van der Waals surface area contributed by atoms with Gasteiger partial charge in [-0.1, -0.05) is 115 Å². The number of fused-ring (bicyclic) bond motifs is 16. The quantitative estimate of drug-likeness (QED) is 0.171. The van der Waals surface area contributed by atoms with Crippen molar-refractivity contribution in [3.8, 4) is 5.69 Å². The summed E-state index contributed by atoms with van der Waals surface area (Å²) in [4.78, 5) is 10.5. The molecule has 0 aliphatic heterocycles. The van der Waals surface area contributed by atoms with Crippen LogP contribution in [0, 0.1) is 5.92 Å². The molecule has 7 aromatic carbocycles. The fraction of sp³-hybridized carbons (Fsp3) is 0.0435. The van der Waals surface area contributed by atoms with E-state index >= 15 is 0 Å². The zero-order valence-electron chi connectivity index (χ0n) is 26.4. The van der Waals surface area contributed by atoms with Crippen LogP contribution in [0.25, 0.3) is 87.9 Å². The van der Waals surface area contributed by atoms with E-state index in [1.54, 1.807) is 0 Å². The van der Waals surface area contributed by atoms with Crippen LogP contribution in [0.3, 0.4) is 0 Å². The lowest BCUT2D eigenvalue weighted by Crippen LogP contribution is -2.16. The predicted octanol–water partition coefficient (Wildman–Crippen LogP) is 11.4.